The van der Waals surface area contributed by atoms with Gasteiger partial charge >= 0.3 is 0 Å². The number of benzene rings is 1. The second-order valence-electron chi connectivity index (χ2n) is 5.44. The zero-order valence-corrected chi connectivity index (χ0v) is 14.5. The van der Waals surface area contributed by atoms with Crippen molar-refractivity contribution in [2.45, 2.75) is 11.3 Å². The molecule has 7 nitrogen and oxygen atoms in total. The van der Waals surface area contributed by atoms with Crippen LogP contribution in [0.1, 0.15) is 16.1 Å². The minimum Gasteiger partial charge on any atom is -0.352 e. The first-order valence-electron chi connectivity index (χ1n) is 7.74. The molecule has 0 saturated carbocycles. The lowest BCUT2D eigenvalue weighted by molar-refractivity contribution is 0.0954. The fourth-order valence-corrected chi connectivity index (χ4v) is 3.15. The predicted molar refractivity (Wildman–Crippen MR) is 93.9 cm³/mol. The number of carbonyl (C=O) groups is 1. The average molecular weight is 358 g/mol. The molecule has 3 aromatic rings. The van der Waals surface area contributed by atoms with Gasteiger partial charge in [0.25, 0.3) is 5.91 Å². The van der Waals surface area contributed by atoms with Gasteiger partial charge in [-0.1, -0.05) is 6.07 Å². The zero-order valence-electron chi connectivity index (χ0n) is 13.6. The van der Waals surface area contributed by atoms with Gasteiger partial charge in [-0.3, -0.25) is 4.79 Å². The molecular weight excluding hydrogens is 340 g/mol. The van der Waals surface area contributed by atoms with Crippen LogP contribution in [0.15, 0.2) is 59.8 Å². The molecular formula is C17H18N4O3S. The van der Waals surface area contributed by atoms with Crippen LogP contribution in [-0.2, 0) is 16.4 Å². The summed E-state index contributed by atoms with van der Waals surface area (Å²) in [4.78, 5) is 16.7. The SMILES string of the molecule is CNS(=O)(=O)c1ccc(C(=O)NCCc2cn3ccccc3n2)cc1. The van der Waals surface area contributed by atoms with E-state index in [1.807, 2.05) is 35.0 Å². The van der Waals surface area contributed by atoms with Crippen molar-refractivity contribution in [3.8, 4) is 0 Å². The van der Waals surface area contributed by atoms with Crippen LogP contribution in [0.3, 0.4) is 0 Å². The van der Waals surface area contributed by atoms with E-state index in [1.165, 1.54) is 31.3 Å². The number of carbonyl (C=O) groups excluding carboxylic acids is 1. The summed E-state index contributed by atoms with van der Waals surface area (Å²) in [7, 11) is -2.16. The first-order chi connectivity index (χ1) is 12.0. The first kappa shape index (κ1) is 17.1. The summed E-state index contributed by atoms with van der Waals surface area (Å²) in [5, 5.41) is 2.81. The molecule has 1 amide bonds. The molecule has 0 aliphatic heterocycles. The van der Waals surface area contributed by atoms with E-state index >= 15 is 0 Å². The van der Waals surface area contributed by atoms with E-state index in [2.05, 4.69) is 15.0 Å². The molecule has 2 N–H and O–H groups in total. The minimum absolute atomic E-state index is 0.122. The van der Waals surface area contributed by atoms with E-state index < -0.39 is 10.0 Å². The average Bonchev–Trinajstić information content (AvgIpc) is 3.04. The number of pyridine rings is 1. The highest BCUT2D eigenvalue weighted by atomic mass is 32.2. The number of fused-ring (bicyclic) bond motifs is 1. The van der Waals surface area contributed by atoms with Crippen molar-refractivity contribution >= 4 is 21.6 Å². The maximum absolute atomic E-state index is 12.1. The molecule has 0 saturated heterocycles. The Kier molecular flexibility index (Phi) is 4.82. The Hall–Kier alpha value is -2.71. The van der Waals surface area contributed by atoms with Gasteiger partial charge in [0.1, 0.15) is 5.65 Å². The Morgan fingerprint density at radius 1 is 1.16 bits per heavy atom. The Bertz CT molecular complexity index is 961. The Morgan fingerprint density at radius 2 is 1.92 bits per heavy atom. The number of nitrogens with one attached hydrogen (secondary N) is 2. The lowest BCUT2D eigenvalue weighted by Gasteiger charge is -2.06. The molecule has 2 aromatic heterocycles. The van der Waals surface area contributed by atoms with Gasteiger partial charge in [-0.15, -0.1) is 0 Å². The number of sulfonamides is 1. The number of imidazole rings is 1. The molecule has 0 unspecified atom stereocenters. The third-order valence-corrected chi connectivity index (χ3v) is 5.21. The van der Waals surface area contributed by atoms with Crippen LogP contribution in [0.4, 0.5) is 0 Å². The van der Waals surface area contributed by atoms with E-state index in [0.717, 1.165) is 11.3 Å². The largest absolute Gasteiger partial charge is 0.352 e. The smallest absolute Gasteiger partial charge is 0.251 e. The van der Waals surface area contributed by atoms with Crippen molar-refractivity contribution in [1.29, 1.82) is 0 Å². The van der Waals surface area contributed by atoms with Gasteiger partial charge in [-0.05, 0) is 43.4 Å². The lowest BCUT2D eigenvalue weighted by atomic mass is 10.2. The maximum Gasteiger partial charge on any atom is 0.251 e. The number of hydrogen-bond acceptors (Lipinski definition) is 4. The number of rotatable bonds is 6. The summed E-state index contributed by atoms with van der Waals surface area (Å²) < 4.78 is 27.5. The van der Waals surface area contributed by atoms with Crippen molar-refractivity contribution in [1.82, 2.24) is 19.4 Å². The van der Waals surface area contributed by atoms with Gasteiger partial charge in [0.15, 0.2) is 0 Å². The molecule has 0 bridgehead atoms. The number of aromatic nitrogens is 2. The Morgan fingerprint density at radius 3 is 2.60 bits per heavy atom. The molecule has 0 radical (unpaired) electrons. The van der Waals surface area contributed by atoms with Crippen LogP contribution in [0.25, 0.3) is 5.65 Å². The predicted octanol–water partition coefficient (Wildman–Crippen LogP) is 1.21. The van der Waals surface area contributed by atoms with Gasteiger partial charge in [-0.25, -0.2) is 18.1 Å². The van der Waals surface area contributed by atoms with E-state index in [0.29, 0.717) is 18.5 Å². The van der Waals surface area contributed by atoms with Crippen molar-refractivity contribution in [3.63, 3.8) is 0 Å². The minimum atomic E-state index is -3.50. The molecule has 2 heterocycles. The highest BCUT2D eigenvalue weighted by Crippen LogP contribution is 2.10. The summed E-state index contributed by atoms with van der Waals surface area (Å²) in [6, 6.07) is 11.6. The second-order valence-corrected chi connectivity index (χ2v) is 7.32. The Balaban J connectivity index is 1.59. The molecule has 0 fully saturated rings. The third kappa shape index (κ3) is 3.86. The van der Waals surface area contributed by atoms with Crippen molar-refractivity contribution in [2.75, 3.05) is 13.6 Å². The number of amides is 1. The summed E-state index contributed by atoms with van der Waals surface area (Å²) in [5.74, 6) is -0.253. The molecule has 8 heteroatoms. The maximum atomic E-state index is 12.1. The molecule has 0 spiro atoms. The van der Waals surface area contributed by atoms with Crippen LogP contribution in [0.2, 0.25) is 0 Å². The molecule has 0 atom stereocenters. The van der Waals surface area contributed by atoms with E-state index in [4.69, 9.17) is 0 Å². The summed E-state index contributed by atoms with van der Waals surface area (Å²) in [6.45, 7) is 0.444. The normalized spacial score (nSPS) is 11.6. The van der Waals surface area contributed by atoms with Gasteiger partial charge in [-0.2, -0.15) is 0 Å². The van der Waals surface area contributed by atoms with Crippen LogP contribution in [0.5, 0.6) is 0 Å². The fraction of sp³-hybridized carbons (Fsp3) is 0.176. The lowest BCUT2D eigenvalue weighted by Crippen LogP contribution is -2.26. The highest BCUT2D eigenvalue weighted by Gasteiger charge is 2.12. The molecule has 130 valence electrons. The van der Waals surface area contributed by atoms with Gasteiger partial charge < -0.3 is 9.72 Å². The number of hydrogen-bond donors (Lipinski definition) is 2. The van der Waals surface area contributed by atoms with Crippen molar-refractivity contribution < 1.29 is 13.2 Å². The molecule has 1 aromatic carbocycles. The number of nitrogens with zero attached hydrogens (tertiary/aromatic N) is 2. The molecule has 0 aliphatic carbocycles. The zero-order chi connectivity index (χ0) is 17.9. The van der Waals surface area contributed by atoms with Crippen LogP contribution >= 0.6 is 0 Å². The molecule has 25 heavy (non-hydrogen) atoms. The standard InChI is InChI=1S/C17H18N4O3S/c1-18-25(23,24)15-7-5-13(6-8-15)17(22)19-10-9-14-12-21-11-3-2-4-16(21)20-14/h2-8,11-12,18H,9-10H2,1H3,(H,19,22). The van der Waals surface area contributed by atoms with E-state index in [1.54, 1.807) is 0 Å². The van der Waals surface area contributed by atoms with Crippen molar-refractivity contribution in [3.05, 3.63) is 66.1 Å². The fourth-order valence-electron chi connectivity index (χ4n) is 2.42. The highest BCUT2D eigenvalue weighted by molar-refractivity contribution is 7.89. The van der Waals surface area contributed by atoms with Gasteiger partial charge in [0.2, 0.25) is 10.0 Å². The van der Waals surface area contributed by atoms with Gasteiger partial charge in [0.05, 0.1) is 10.6 Å². The van der Waals surface area contributed by atoms with Crippen molar-refractivity contribution in [2.24, 2.45) is 0 Å². The van der Waals surface area contributed by atoms with Gasteiger partial charge in [0, 0.05) is 30.9 Å². The summed E-state index contributed by atoms with van der Waals surface area (Å²) >= 11 is 0. The van der Waals surface area contributed by atoms with Crippen LogP contribution in [-0.4, -0.2) is 37.3 Å². The van der Waals surface area contributed by atoms with E-state index in [-0.39, 0.29) is 10.8 Å². The first-order valence-corrected chi connectivity index (χ1v) is 9.22. The summed E-state index contributed by atoms with van der Waals surface area (Å²) in [6.07, 6.45) is 4.46. The van der Waals surface area contributed by atoms with Crippen LogP contribution in [0, 0.1) is 0 Å². The van der Waals surface area contributed by atoms with E-state index in [9.17, 15) is 13.2 Å². The molecule has 0 aliphatic rings. The third-order valence-electron chi connectivity index (χ3n) is 3.78. The molecule has 3 rings (SSSR count). The Labute approximate surface area is 145 Å². The topological polar surface area (TPSA) is 92.6 Å². The van der Waals surface area contributed by atoms with Crippen LogP contribution < -0.4 is 10.0 Å². The summed E-state index contributed by atoms with van der Waals surface area (Å²) in [5.41, 5.74) is 2.16. The monoisotopic (exact) mass is 358 g/mol. The second kappa shape index (κ2) is 7.04. The quantitative estimate of drug-likeness (QED) is 0.693.